The van der Waals surface area contributed by atoms with E-state index < -0.39 is 0 Å². The minimum absolute atomic E-state index is 0.000600. The molecule has 0 radical (unpaired) electrons. The molecule has 0 spiro atoms. The maximum Gasteiger partial charge on any atom is 0.272 e. The first kappa shape index (κ1) is 19.6. The zero-order valence-electron chi connectivity index (χ0n) is 16.9. The summed E-state index contributed by atoms with van der Waals surface area (Å²) in [6.45, 7) is 1.41. The molecule has 1 aliphatic rings. The fourth-order valence-corrected chi connectivity index (χ4v) is 4.20. The molecule has 1 fully saturated rings. The summed E-state index contributed by atoms with van der Waals surface area (Å²) in [5.74, 6) is 0.000600. The lowest BCUT2D eigenvalue weighted by Crippen LogP contribution is -2.39. The van der Waals surface area contributed by atoms with Crippen molar-refractivity contribution in [3.8, 4) is 16.9 Å². The second-order valence-electron chi connectivity index (χ2n) is 7.70. The number of amides is 1. The molecule has 0 aliphatic carbocycles. The Morgan fingerprint density at radius 2 is 1.74 bits per heavy atom. The first-order valence-corrected chi connectivity index (χ1v) is 10.7. The monoisotopic (exact) mass is 431 g/mol. The van der Waals surface area contributed by atoms with Crippen molar-refractivity contribution in [3.63, 3.8) is 0 Å². The summed E-state index contributed by atoms with van der Waals surface area (Å²) in [7, 11) is 0. The van der Waals surface area contributed by atoms with Crippen molar-refractivity contribution in [1.82, 2.24) is 24.2 Å². The number of halogens is 1. The van der Waals surface area contributed by atoms with Gasteiger partial charge in [-0.25, -0.2) is 9.67 Å². The van der Waals surface area contributed by atoms with Crippen LogP contribution in [0, 0.1) is 0 Å². The van der Waals surface area contributed by atoms with Crippen LogP contribution in [0.1, 0.15) is 29.4 Å². The summed E-state index contributed by atoms with van der Waals surface area (Å²) >= 11 is 6.04. The maximum atomic E-state index is 13.5. The number of carbonyl (C=O) groups excluding carboxylic acids is 1. The lowest BCUT2D eigenvalue weighted by Gasteiger charge is -2.32. The largest absolute Gasteiger partial charge is 0.337 e. The van der Waals surface area contributed by atoms with Gasteiger partial charge in [-0.3, -0.25) is 4.79 Å². The Bertz CT molecular complexity index is 1160. The van der Waals surface area contributed by atoms with Gasteiger partial charge in [0.25, 0.3) is 5.91 Å². The summed E-state index contributed by atoms with van der Waals surface area (Å²) in [4.78, 5) is 19.6. The number of likely N-dealkylation sites (tertiary alicyclic amines) is 1. The number of carbonyl (C=O) groups is 1. The van der Waals surface area contributed by atoms with E-state index in [1.807, 2.05) is 78.1 Å². The van der Waals surface area contributed by atoms with Crippen LogP contribution in [0.25, 0.3) is 16.9 Å². The highest BCUT2D eigenvalue weighted by Gasteiger charge is 2.27. The van der Waals surface area contributed by atoms with Crippen LogP contribution in [-0.4, -0.2) is 43.2 Å². The summed E-state index contributed by atoms with van der Waals surface area (Å²) in [5, 5.41) is 5.44. The van der Waals surface area contributed by atoms with E-state index in [0.29, 0.717) is 29.8 Å². The quantitative estimate of drug-likeness (QED) is 0.463. The van der Waals surface area contributed by atoms with Crippen molar-refractivity contribution in [2.75, 3.05) is 13.1 Å². The number of nitrogens with zero attached hydrogens (tertiary/aromatic N) is 5. The average Bonchev–Trinajstić information content (AvgIpc) is 3.51. The van der Waals surface area contributed by atoms with Gasteiger partial charge in [0.05, 0.1) is 17.7 Å². The Morgan fingerprint density at radius 3 is 2.42 bits per heavy atom. The van der Waals surface area contributed by atoms with E-state index in [1.165, 1.54) is 0 Å². The number of benzene rings is 2. The molecular formula is C24H22ClN5O. The molecule has 1 aliphatic heterocycles. The highest BCUT2D eigenvalue weighted by atomic mass is 35.5. The number of hydrogen-bond acceptors (Lipinski definition) is 3. The number of hydrogen-bond donors (Lipinski definition) is 0. The van der Waals surface area contributed by atoms with Crippen molar-refractivity contribution in [2.45, 2.75) is 18.9 Å². The van der Waals surface area contributed by atoms with E-state index in [4.69, 9.17) is 16.7 Å². The normalized spacial score (nSPS) is 14.7. The minimum atomic E-state index is 0.000600. The zero-order valence-corrected chi connectivity index (χ0v) is 17.7. The number of aromatic nitrogens is 4. The number of para-hydroxylation sites is 1. The molecule has 2 aromatic heterocycles. The molecule has 0 unspecified atom stereocenters. The second-order valence-corrected chi connectivity index (χ2v) is 8.14. The number of imidazole rings is 1. The Hall–Kier alpha value is -3.38. The predicted octanol–water partition coefficient (Wildman–Crippen LogP) is 4.87. The molecule has 6 nitrogen and oxygen atoms in total. The van der Waals surface area contributed by atoms with Gasteiger partial charge in [0.1, 0.15) is 5.69 Å². The predicted molar refractivity (Wildman–Crippen MR) is 120 cm³/mol. The summed E-state index contributed by atoms with van der Waals surface area (Å²) in [5.41, 5.74) is 3.10. The fourth-order valence-electron chi connectivity index (χ4n) is 4.08. The van der Waals surface area contributed by atoms with Gasteiger partial charge in [-0.15, -0.1) is 0 Å². The van der Waals surface area contributed by atoms with Crippen LogP contribution in [0.15, 0.2) is 79.4 Å². The van der Waals surface area contributed by atoms with Crippen molar-refractivity contribution in [1.29, 1.82) is 0 Å². The molecule has 0 bridgehead atoms. The third-order valence-electron chi connectivity index (χ3n) is 5.77. The lowest BCUT2D eigenvalue weighted by atomic mass is 10.0. The standard InChI is InChI=1S/C24H22ClN5O/c25-19-8-6-18(7-9-19)22-16-23(30(27-22)21-4-2-1-3-5-21)24(31)28-13-10-20(11-14-28)29-15-12-26-17-29/h1-9,12,15-17,20H,10-11,13-14H2. The maximum absolute atomic E-state index is 13.5. The molecule has 0 atom stereocenters. The third kappa shape index (κ3) is 3.99. The molecule has 0 saturated carbocycles. The molecule has 31 heavy (non-hydrogen) atoms. The van der Waals surface area contributed by atoms with Gasteiger partial charge >= 0.3 is 0 Å². The van der Waals surface area contributed by atoms with Gasteiger partial charge in [-0.05, 0) is 43.2 Å². The topological polar surface area (TPSA) is 56.0 Å². The van der Waals surface area contributed by atoms with Crippen molar-refractivity contribution >= 4 is 17.5 Å². The molecule has 1 amide bonds. The Kier molecular flexibility index (Phi) is 5.30. The van der Waals surface area contributed by atoms with Crippen LogP contribution in [0.3, 0.4) is 0 Å². The summed E-state index contributed by atoms with van der Waals surface area (Å²) in [6, 6.07) is 19.5. The molecule has 5 rings (SSSR count). The molecule has 3 heterocycles. The van der Waals surface area contributed by atoms with Gasteiger partial charge < -0.3 is 9.47 Å². The average molecular weight is 432 g/mol. The highest BCUT2D eigenvalue weighted by Crippen LogP contribution is 2.27. The van der Waals surface area contributed by atoms with Gasteiger partial charge in [-0.2, -0.15) is 5.10 Å². The van der Waals surface area contributed by atoms with Gasteiger partial charge in [0.15, 0.2) is 0 Å². The Labute approximate surface area is 185 Å². The number of piperidine rings is 1. The fraction of sp³-hybridized carbons (Fsp3) is 0.208. The molecule has 156 valence electrons. The van der Waals surface area contributed by atoms with Gasteiger partial charge in [0.2, 0.25) is 0 Å². The smallest absolute Gasteiger partial charge is 0.272 e. The van der Waals surface area contributed by atoms with Crippen LogP contribution >= 0.6 is 11.6 Å². The summed E-state index contributed by atoms with van der Waals surface area (Å²) in [6.07, 6.45) is 7.46. The van der Waals surface area contributed by atoms with Gasteiger partial charge in [0, 0.05) is 42.1 Å². The molecule has 0 N–H and O–H groups in total. The van der Waals surface area contributed by atoms with E-state index in [2.05, 4.69) is 9.55 Å². The first-order valence-electron chi connectivity index (χ1n) is 10.4. The SMILES string of the molecule is O=C(c1cc(-c2ccc(Cl)cc2)nn1-c1ccccc1)N1CCC(n2ccnc2)CC1. The van der Waals surface area contributed by atoms with Crippen LogP contribution in [0.5, 0.6) is 0 Å². The Balaban J connectivity index is 1.44. The molecular weight excluding hydrogens is 410 g/mol. The van der Waals surface area contributed by atoms with E-state index in [0.717, 1.165) is 29.8 Å². The van der Waals surface area contributed by atoms with Crippen LogP contribution in [0.4, 0.5) is 0 Å². The second kappa shape index (κ2) is 8.40. The van der Waals surface area contributed by atoms with Gasteiger partial charge in [-0.1, -0.05) is 41.9 Å². The first-order chi connectivity index (χ1) is 15.2. The number of rotatable bonds is 4. The van der Waals surface area contributed by atoms with Crippen molar-refractivity contribution in [2.24, 2.45) is 0 Å². The van der Waals surface area contributed by atoms with Crippen molar-refractivity contribution in [3.05, 3.63) is 90.1 Å². The Morgan fingerprint density at radius 1 is 1.00 bits per heavy atom. The third-order valence-corrected chi connectivity index (χ3v) is 6.02. The van der Waals surface area contributed by atoms with Crippen LogP contribution < -0.4 is 0 Å². The van der Waals surface area contributed by atoms with E-state index in [-0.39, 0.29) is 5.91 Å². The summed E-state index contributed by atoms with van der Waals surface area (Å²) < 4.78 is 3.88. The van der Waals surface area contributed by atoms with Crippen LogP contribution in [-0.2, 0) is 0 Å². The van der Waals surface area contributed by atoms with E-state index in [9.17, 15) is 4.79 Å². The van der Waals surface area contributed by atoms with Crippen LogP contribution in [0.2, 0.25) is 5.02 Å². The minimum Gasteiger partial charge on any atom is -0.337 e. The molecule has 2 aromatic carbocycles. The molecule has 4 aromatic rings. The van der Waals surface area contributed by atoms with E-state index in [1.54, 1.807) is 10.9 Å². The van der Waals surface area contributed by atoms with Crippen molar-refractivity contribution < 1.29 is 4.79 Å². The van der Waals surface area contributed by atoms with E-state index >= 15 is 0 Å². The highest BCUT2D eigenvalue weighted by molar-refractivity contribution is 6.30. The molecule has 1 saturated heterocycles. The molecule has 7 heteroatoms. The lowest BCUT2D eigenvalue weighted by molar-refractivity contribution is 0.0685. The zero-order chi connectivity index (χ0) is 21.2.